The van der Waals surface area contributed by atoms with Crippen molar-refractivity contribution in [2.45, 2.75) is 371 Å². The van der Waals surface area contributed by atoms with Crippen molar-refractivity contribution in [1.82, 2.24) is 5.32 Å². The minimum atomic E-state index is -1.58. The molecule has 1 heterocycles. The number of aliphatic hydroxyl groups is 5. The molecular formula is C75H135NO10. The van der Waals surface area contributed by atoms with E-state index in [1.54, 1.807) is 6.08 Å². The van der Waals surface area contributed by atoms with Gasteiger partial charge in [0.1, 0.15) is 24.4 Å². The summed E-state index contributed by atoms with van der Waals surface area (Å²) >= 11 is 0. The molecule has 500 valence electrons. The SMILES string of the molecule is CCCC/C=C\CCCCCCCC(=O)OCCCCCCCCCCCCC/C=C\C/C=C\CCCCCCCCCCCCCCCCCCCC(=O)NC(COC1OC(CO)C(O)C(O)C1O)C(O)/C=C/CC/C=C/CC/C=C/CCCC. The summed E-state index contributed by atoms with van der Waals surface area (Å²) in [4.78, 5) is 25.1. The van der Waals surface area contributed by atoms with Crippen LogP contribution < -0.4 is 5.32 Å². The van der Waals surface area contributed by atoms with Gasteiger partial charge in [-0.15, -0.1) is 0 Å². The van der Waals surface area contributed by atoms with Gasteiger partial charge in [-0.05, 0) is 103 Å². The van der Waals surface area contributed by atoms with Crippen LogP contribution in [0.5, 0.6) is 0 Å². The third kappa shape index (κ3) is 51.9. The topological polar surface area (TPSA) is 175 Å². The van der Waals surface area contributed by atoms with Crippen LogP contribution in [0.4, 0.5) is 0 Å². The number of carbonyl (C=O) groups is 2. The highest BCUT2D eigenvalue weighted by molar-refractivity contribution is 5.76. The Morgan fingerprint density at radius 2 is 0.791 bits per heavy atom. The van der Waals surface area contributed by atoms with Crippen molar-refractivity contribution >= 4 is 11.9 Å². The van der Waals surface area contributed by atoms with E-state index in [1.165, 1.54) is 225 Å². The van der Waals surface area contributed by atoms with Crippen LogP contribution in [0, 0.1) is 0 Å². The first-order valence-electron chi connectivity index (χ1n) is 36.2. The van der Waals surface area contributed by atoms with Crippen LogP contribution in [0.15, 0.2) is 72.9 Å². The van der Waals surface area contributed by atoms with Crippen LogP contribution in [0.25, 0.3) is 0 Å². The molecule has 6 N–H and O–H groups in total. The smallest absolute Gasteiger partial charge is 0.305 e. The fourth-order valence-corrected chi connectivity index (χ4v) is 11.0. The van der Waals surface area contributed by atoms with Gasteiger partial charge in [-0.25, -0.2) is 0 Å². The molecule has 0 bridgehead atoms. The minimum absolute atomic E-state index is 0.00183. The van der Waals surface area contributed by atoms with E-state index in [-0.39, 0.29) is 18.5 Å². The lowest BCUT2D eigenvalue weighted by molar-refractivity contribution is -0.302. The number of carbonyl (C=O) groups excluding carboxylic acids is 2. The van der Waals surface area contributed by atoms with Crippen molar-refractivity contribution in [3.63, 3.8) is 0 Å². The minimum Gasteiger partial charge on any atom is -0.466 e. The van der Waals surface area contributed by atoms with E-state index in [2.05, 4.69) is 79.9 Å². The monoisotopic (exact) mass is 1210 g/mol. The Hall–Kier alpha value is -2.90. The standard InChI is InChI=1S/C75H135NO10/c1-3-5-7-9-11-13-15-42-45-49-53-57-61-68(78)67(66-85-75-74(83)73(82)72(81)69(65-77)86-75)76-70(79)62-58-54-50-46-43-39-37-35-33-31-29-27-25-23-21-19-17-16-18-20-22-24-26-28-30-32-34-36-38-40-44-48-52-56-60-64-84-71(80)63-59-55-51-47-41-14-12-10-8-6-4-2/h9-12,18,20,24,26,42,45,57,61,67-69,72-75,77-78,81-83H,3-8,13-17,19,21-23,25,27-41,43-44,46-56,58-60,62-66H2,1-2H3,(H,76,79)/b11-9+,12-10-,20-18-,26-24-,45-42+,61-57+. The van der Waals surface area contributed by atoms with E-state index in [0.29, 0.717) is 19.4 Å². The van der Waals surface area contributed by atoms with E-state index in [0.717, 1.165) is 77.0 Å². The quantitative estimate of drug-likeness (QED) is 0.0195. The molecule has 1 aliphatic rings. The predicted octanol–water partition coefficient (Wildman–Crippen LogP) is 18.7. The molecule has 86 heavy (non-hydrogen) atoms. The molecule has 1 aliphatic heterocycles. The molecule has 0 spiro atoms. The van der Waals surface area contributed by atoms with Crippen molar-refractivity contribution in [2.24, 2.45) is 0 Å². The number of hydrogen-bond acceptors (Lipinski definition) is 10. The molecule has 11 heteroatoms. The zero-order valence-corrected chi connectivity index (χ0v) is 55.5. The first-order chi connectivity index (χ1) is 42.2. The van der Waals surface area contributed by atoms with Crippen molar-refractivity contribution in [3.05, 3.63) is 72.9 Å². The maximum Gasteiger partial charge on any atom is 0.305 e. The van der Waals surface area contributed by atoms with Crippen molar-refractivity contribution in [3.8, 4) is 0 Å². The van der Waals surface area contributed by atoms with Crippen molar-refractivity contribution in [2.75, 3.05) is 19.8 Å². The third-order valence-electron chi connectivity index (χ3n) is 16.7. The summed E-state index contributed by atoms with van der Waals surface area (Å²) in [5.74, 6) is -0.197. The zero-order chi connectivity index (χ0) is 62.3. The molecule has 0 radical (unpaired) electrons. The molecule has 0 aromatic heterocycles. The van der Waals surface area contributed by atoms with Crippen LogP contribution in [0.1, 0.15) is 328 Å². The zero-order valence-electron chi connectivity index (χ0n) is 55.5. The van der Waals surface area contributed by atoms with Gasteiger partial charge in [0, 0.05) is 12.8 Å². The number of aliphatic hydroxyl groups excluding tert-OH is 5. The lowest BCUT2D eigenvalue weighted by atomic mass is 9.99. The average Bonchev–Trinajstić information content (AvgIpc) is 2.27. The molecule has 0 aliphatic carbocycles. The van der Waals surface area contributed by atoms with E-state index in [4.69, 9.17) is 14.2 Å². The Kier molecular flexibility index (Phi) is 60.0. The lowest BCUT2D eigenvalue weighted by Gasteiger charge is -2.40. The Morgan fingerprint density at radius 3 is 1.22 bits per heavy atom. The number of esters is 1. The van der Waals surface area contributed by atoms with Crippen LogP contribution >= 0.6 is 0 Å². The first-order valence-corrected chi connectivity index (χ1v) is 36.2. The molecule has 1 fully saturated rings. The van der Waals surface area contributed by atoms with Crippen LogP contribution in [-0.2, 0) is 23.8 Å². The Bertz CT molecular complexity index is 1660. The summed E-state index contributed by atoms with van der Waals surface area (Å²) in [5.41, 5.74) is 0. The van der Waals surface area contributed by atoms with E-state index >= 15 is 0 Å². The summed E-state index contributed by atoms with van der Waals surface area (Å²) < 4.78 is 16.7. The van der Waals surface area contributed by atoms with Gasteiger partial charge in [0.2, 0.25) is 5.91 Å². The molecule has 1 amide bonds. The summed E-state index contributed by atoms with van der Waals surface area (Å²) in [6.45, 7) is 4.25. The number of rotatable bonds is 63. The Morgan fingerprint density at radius 1 is 0.430 bits per heavy atom. The van der Waals surface area contributed by atoms with Gasteiger partial charge >= 0.3 is 5.97 Å². The molecule has 0 aromatic carbocycles. The van der Waals surface area contributed by atoms with Crippen LogP contribution in [0.2, 0.25) is 0 Å². The second-order valence-corrected chi connectivity index (χ2v) is 24.9. The number of hydrogen-bond donors (Lipinski definition) is 6. The number of ether oxygens (including phenoxy) is 3. The second kappa shape index (κ2) is 63.7. The summed E-state index contributed by atoms with van der Waals surface area (Å²) in [7, 11) is 0. The van der Waals surface area contributed by atoms with Crippen molar-refractivity contribution < 1.29 is 49.3 Å². The molecule has 1 rings (SSSR count). The van der Waals surface area contributed by atoms with Crippen molar-refractivity contribution in [1.29, 1.82) is 0 Å². The summed E-state index contributed by atoms with van der Waals surface area (Å²) in [6, 6.07) is -0.834. The number of nitrogens with one attached hydrogen (secondary N) is 1. The maximum absolute atomic E-state index is 13.1. The fourth-order valence-electron chi connectivity index (χ4n) is 11.0. The van der Waals surface area contributed by atoms with Gasteiger partial charge in [0.15, 0.2) is 6.29 Å². The van der Waals surface area contributed by atoms with Gasteiger partial charge in [-0.3, -0.25) is 9.59 Å². The molecule has 7 atom stereocenters. The molecule has 0 aromatic rings. The Balaban J connectivity index is 1.95. The first kappa shape index (κ1) is 81.1. The highest BCUT2D eigenvalue weighted by Gasteiger charge is 2.44. The molecule has 1 saturated heterocycles. The maximum atomic E-state index is 13.1. The molecule has 11 nitrogen and oxygen atoms in total. The van der Waals surface area contributed by atoms with Gasteiger partial charge in [-0.2, -0.15) is 0 Å². The number of unbranched alkanes of at least 4 members (excludes halogenated alkanes) is 39. The number of allylic oxidation sites excluding steroid dienone is 11. The van der Waals surface area contributed by atoms with Gasteiger partial charge in [0.25, 0.3) is 0 Å². The summed E-state index contributed by atoms with van der Waals surface area (Å²) in [6.07, 6.45) is 76.3. The second-order valence-electron chi connectivity index (χ2n) is 24.9. The largest absolute Gasteiger partial charge is 0.466 e. The molecule has 0 saturated carbocycles. The summed E-state index contributed by atoms with van der Waals surface area (Å²) in [5, 5.41) is 54.4. The van der Waals surface area contributed by atoms with Gasteiger partial charge < -0.3 is 45.1 Å². The highest BCUT2D eigenvalue weighted by Crippen LogP contribution is 2.23. The van der Waals surface area contributed by atoms with Gasteiger partial charge in [-0.1, -0.05) is 286 Å². The van der Waals surface area contributed by atoms with E-state index in [9.17, 15) is 35.1 Å². The molecule has 7 unspecified atom stereocenters. The predicted molar refractivity (Wildman–Crippen MR) is 361 cm³/mol. The third-order valence-corrected chi connectivity index (χ3v) is 16.7. The van der Waals surface area contributed by atoms with E-state index < -0.39 is 49.5 Å². The highest BCUT2D eigenvalue weighted by atomic mass is 16.7. The average molecular weight is 1210 g/mol. The number of amides is 1. The Labute approximate surface area is 528 Å². The normalized spacial score (nSPS) is 18.3. The van der Waals surface area contributed by atoms with Crippen LogP contribution in [0.3, 0.4) is 0 Å². The lowest BCUT2D eigenvalue weighted by Crippen LogP contribution is -2.60. The van der Waals surface area contributed by atoms with E-state index in [1.807, 2.05) is 6.08 Å². The van der Waals surface area contributed by atoms with Crippen LogP contribution in [-0.4, -0.2) is 100 Å². The fraction of sp³-hybridized carbons (Fsp3) is 0.813. The molecular weight excluding hydrogens is 1070 g/mol. The van der Waals surface area contributed by atoms with Gasteiger partial charge in [0.05, 0.1) is 32.0 Å².